The second kappa shape index (κ2) is 6.25. The van der Waals surface area contributed by atoms with E-state index in [-0.39, 0.29) is 11.0 Å². The van der Waals surface area contributed by atoms with E-state index in [0.29, 0.717) is 0 Å². The number of fused-ring (bicyclic) bond motifs is 1. The van der Waals surface area contributed by atoms with Crippen LogP contribution in [0.15, 0.2) is 51.5 Å². The highest BCUT2D eigenvalue weighted by atomic mass is 79.9. The van der Waals surface area contributed by atoms with Gasteiger partial charge < -0.3 is 0 Å². The van der Waals surface area contributed by atoms with Crippen molar-refractivity contribution in [3.63, 3.8) is 0 Å². The van der Waals surface area contributed by atoms with Crippen LogP contribution in [-0.2, 0) is 0 Å². The molecule has 0 fully saturated rings. The Hall–Kier alpha value is -1.24. The molecule has 0 radical (unpaired) electrons. The molecule has 3 aromatic rings. The number of Topliss-reactive ketones (excluding diaryl/α,β-unsaturated/α-hetero) is 1. The number of thioether (sulfide) groups is 1. The maximum absolute atomic E-state index is 12.5. The fourth-order valence-electron chi connectivity index (χ4n) is 1.92. The largest absolute Gasteiger partial charge is 0.293 e. The highest BCUT2D eigenvalue weighted by Gasteiger charge is 2.18. The number of nitrogens with zero attached hydrogens (tertiary/aromatic N) is 2. The van der Waals surface area contributed by atoms with Gasteiger partial charge in [0.15, 0.2) is 5.78 Å². The summed E-state index contributed by atoms with van der Waals surface area (Å²) >= 11 is 6.46. The van der Waals surface area contributed by atoms with Crippen LogP contribution in [0.2, 0.25) is 0 Å². The van der Waals surface area contributed by atoms with Crippen LogP contribution in [0.3, 0.4) is 0 Å². The van der Waals surface area contributed by atoms with E-state index in [1.165, 1.54) is 11.8 Å². The third-order valence-corrected chi connectivity index (χ3v) is 5.67. The fraction of sp³-hybridized carbons (Fsp3) is 0.133. The Balaban J connectivity index is 1.82. The van der Waals surface area contributed by atoms with E-state index < -0.39 is 0 Å². The molecule has 0 aliphatic carbocycles. The molecule has 2 aromatic heterocycles. The fourth-order valence-corrected chi connectivity index (χ4v) is 4.10. The minimum atomic E-state index is -0.189. The van der Waals surface area contributed by atoms with Gasteiger partial charge in [0, 0.05) is 10.0 Å². The molecule has 6 heteroatoms. The molecule has 0 amide bonds. The van der Waals surface area contributed by atoms with E-state index in [2.05, 4.69) is 25.9 Å². The van der Waals surface area contributed by atoms with Crippen LogP contribution >= 0.6 is 39.0 Å². The van der Waals surface area contributed by atoms with Gasteiger partial charge in [0.1, 0.15) is 11.4 Å². The Morgan fingerprint density at radius 2 is 2.00 bits per heavy atom. The summed E-state index contributed by atoms with van der Waals surface area (Å²) in [6.45, 7) is 1.91. The summed E-state index contributed by atoms with van der Waals surface area (Å²) in [6, 6.07) is 9.40. The van der Waals surface area contributed by atoms with Crippen molar-refractivity contribution in [3.8, 4) is 0 Å². The maximum Gasteiger partial charge on any atom is 0.175 e. The standard InChI is InChI=1S/C15H11BrN2OS2/c1-9(13(19)10-2-4-11(16)5-3-10)21-15-14-12(6-7-20-14)17-8-18-15/h2-9H,1H3/t9-/m0/s1. The first-order chi connectivity index (χ1) is 10.1. The number of halogens is 1. The Bertz CT molecular complexity index is 786. The van der Waals surface area contributed by atoms with Crippen LogP contribution in [0.5, 0.6) is 0 Å². The number of thiophene rings is 1. The minimum Gasteiger partial charge on any atom is -0.293 e. The molecular formula is C15H11BrN2OS2. The van der Waals surface area contributed by atoms with E-state index in [1.54, 1.807) is 17.7 Å². The van der Waals surface area contributed by atoms with E-state index in [4.69, 9.17) is 0 Å². The van der Waals surface area contributed by atoms with Gasteiger partial charge in [0.2, 0.25) is 0 Å². The third kappa shape index (κ3) is 3.17. The average Bonchev–Trinajstić information content (AvgIpc) is 2.97. The zero-order chi connectivity index (χ0) is 14.8. The Morgan fingerprint density at radius 3 is 2.76 bits per heavy atom. The number of carbonyl (C=O) groups excluding carboxylic acids is 1. The Kier molecular flexibility index (Phi) is 4.37. The molecule has 3 nitrogen and oxygen atoms in total. The van der Waals surface area contributed by atoms with Gasteiger partial charge in [-0.1, -0.05) is 39.8 Å². The van der Waals surface area contributed by atoms with Gasteiger partial charge in [-0.25, -0.2) is 9.97 Å². The van der Waals surface area contributed by atoms with Crippen molar-refractivity contribution < 1.29 is 4.79 Å². The number of carbonyl (C=O) groups is 1. The summed E-state index contributed by atoms with van der Waals surface area (Å²) in [5.74, 6) is 0.107. The lowest BCUT2D eigenvalue weighted by Gasteiger charge is -2.10. The second-order valence-corrected chi connectivity index (χ2v) is 7.61. The highest BCUT2D eigenvalue weighted by molar-refractivity contribution is 9.10. The topological polar surface area (TPSA) is 42.9 Å². The van der Waals surface area contributed by atoms with E-state index in [9.17, 15) is 4.79 Å². The lowest BCUT2D eigenvalue weighted by atomic mass is 10.1. The molecular weight excluding hydrogens is 368 g/mol. The number of benzene rings is 1. The molecule has 0 aliphatic rings. The minimum absolute atomic E-state index is 0.107. The normalized spacial score (nSPS) is 12.5. The summed E-state index contributed by atoms with van der Waals surface area (Å²) in [6.07, 6.45) is 1.55. The van der Waals surface area contributed by atoms with Crippen molar-refractivity contribution in [3.05, 3.63) is 52.1 Å². The zero-order valence-corrected chi connectivity index (χ0v) is 14.3. The Labute approximate surface area is 138 Å². The van der Waals surface area contributed by atoms with Gasteiger partial charge in [0.25, 0.3) is 0 Å². The smallest absolute Gasteiger partial charge is 0.175 e. The lowest BCUT2D eigenvalue weighted by Crippen LogP contribution is -2.13. The number of ketones is 1. The van der Waals surface area contributed by atoms with Crippen LogP contribution in [0, 0.1) is 0 Å². The predicted octanol–water partition coefficient (Wildman–Crippen LogP) is 4.82. The molecule has 21 heavy (non-hydrogen) atoms. The molecule has 3 rings (SSSR count). The maximum atomic E-state index is 12.5. The number of hydrogen-bond donors (Lipinski definition) is 0. The van der Waals surface area contributed by atoms with E-state index in [1.807, 2.05) is 42.6 Å². The molecule has 0 N–H and O–H groups in total. The van der Waals surface area contributed by atoms with Crippen LogP contribution < -0.4 is 0 Å². The van der Waals surface area contributed by atoms with Crippen LogP contribution in [0.25, 0.3) is 10.2 Å². The van der Waals surface area contributed by atoms with Crippen molar-refractivity contribution in [2.45, 2.75) is 17.2 Å². The van der Waals surface area contributed by atoms with Crippen molar-refractivity contribution in [2.75, 3.05) is 0 Å². The second-order valence-electron chi connectivity index (χ2n) is 4.45. The van der Waals surface area contributed by atoms with Crippen LogP contribution in [0.1, 0.15) is 17.3 Å². The first-order valence-electron chi connectivity index (χ1n) is 6.30. The average molecular weight is 379 g/mol. The molecule has 0 unspecified atom stereocenters. The molecule has 0 saturated carbocycles. The molecule has 0 saturated heterocycles. The summed E-state index contributed by atoms with van der Waals surface area (Å²) in [5.41, 5.74) is 1.65. The first kappa shape index (κ1) is 14.7. The monoisotopic (exact) mass is 378 g/mol. The Morgan fingerprint density at radius 1 is 1.24 bits per heavy atom. The summed E-state index contributed by atoms with van der Waals surface area (Å²) in [5, 5.41) is 2.67. The molecule has 1 atom stereocenters. The molecule has 106 valence electrons. The molecule has 2 heterocycles. The van der Waals surface area contributed by atoms with Crippen LogP contribution in [0.4, 0.5) is 0 Å². The lowest BCUT2D eigenvalue weighted by molar-refractivity contribution is 0.0994. The first-order valence-corrected chi connectivity index (χ1v) is 8.85. The molecule has 0 aliphatic heterocycles. The van der Waals surface area contributed by atoms with Crippen molar-refractivity contribution in [1.29, 1.82) is 0 Å². The number of aromatic nitrogens is 2. The van der Waals surface area contributed by atoms with Gasteiger partial charge >= 0.3 is 0 Å². The van der Waals surface area contributed by atoms with Crippen molar-refractivity contribution >= 4 is 55.0 Å². The summed E-state index contributed by atoms with van der Waals surface area (Å²) in [4.78, 5) is 21.0. The van der Waals surface area contributed by atoms with E-state index in [0.717, 1.165) is 25.3 Å². The van der Waals surface area contributed by atoms with Gasteiger partial charge in [-0.2, -0.15) is 0 Å². The SMILES string of the molecule is C[C@H](Sc1ncnc2ccsc12)C(=O)c1ccc(Br)cc1. The van der Waals surface area contributed by atoms with Gasteiger partial charge in [-0.3, -0.25) is 4.79 Å². The number of rotatable bonds is 4. The van der Waals surface area contributed by atoms with E-state index >= 15 is 0 Å². The molecule has 0 bridgehead atoms. The molecule has 1 aromatic carbocycles. The number of hydrogen-bond acceptors (Lipinski definition) is 5. The summed E-state index contributed by atoms with van der Waals surface area (Å²) in [7, 11) is 0. The van der Waals surface area contributed by atoms with Gasteiger partial charge in [-0.05, 0) is 30.5 Å². The van der Waals surface area contributed by atoms with Gasteiger partial charge in [-0.15, -0.1) is 11.3 Å². The quantitative estimate of drug-likeness (QED) is 0.370. The van der Waals surface area contributed by atoms with Gasteiger partial charge in [0.05, 0.1) is 15.5 Å². The summed E-state index contributed by atoms with van der Waals surface area (Å²) < 4.78 is 2.01. The van der Waals surface area contributed by atoms with Crippen LogP contribution in [-0.4, -0.2) is 21.0 Å². The third-order valence-electron chi connectivity index (χ3n) is 3.00. The molecule has 0 spiro atoms. The zero-order valence-electron chi connectivity index (χ0n) is 11.1. The van der Waals surface area contributed by atoms with Crippen molar-refractivity contribution in [2.24, 2.45) is 0 Å². The van der Waals surface area contributed by atoms with Crippen molar-refractivity contribution in [1.82, 2.24) is 9.97 Å². The highest BCUT2D eigenvalue weighted by Crippen LogP contribution is 2.32. The predicted molar refractivity (Wildman–Crippen MR) is 91.2 cm³/mol.